The Kier molecular flexibility index (Phi) is 20.6. The van der Waals surface area contributed by atoms with Crippen LogP contribution >= 0.6 is 0 Å². The third-order valence-electron chi connectivity index (χ3n) is 11.2. The van der Waals surface area contributed by atoms with Gasteiger partial charge in [0.15, 0.2) is 18.1 Å². The Morgan fingerprint density at radius 2 is 1.57 bits per heavy atom. The van der Waals surface area contributed by atoms with Gasteiger partial charge in [-0.3, -0.25) is 15.1 Å². The quantitative estimate of drug-likeness (QED) is 0.0503. The number of methoxy groups -OCH3 is 3. The molecule has 13 nitrogen and oxygen atoms in total. The predicted octanol–water partition coefficient (Wildman–Crippen LogP) is 8.59. The molecule has 56 heavy (non-hydrogen) atoms. The minimum absolute atomic E-state index is 0.0626. The van der Waals surface area contributed by atoms with E-state index in [1.807, 2.05) is 35.3 Å². The van der Waals surface area contributed by atoms with Crippen LogP contribution in [-0.2, 0) is 15.0 Å². The first-order valence-corrected chi connectivity index (χ1v) is 20.6. The number of unbranched alkanes of at least 4 members (excludes halogenated alkanes) is 9. The molecule has 0 radical (unpaired) electrons. The number of hydrogen-bond acceptors (Lipinski definition) is 11. The van der Waals surface area contributed by atoms with Gasteiger partial charge in [-0.05, 0) is 93.9 Å². The molecule has 1 heterocycles. The van der Waals surface area contributed by atoms with Crippen molar-refractivity contribution in [1.29, 1.82) is 5.26 Å². The SMILES string of the molecule is CCCCCCCCCCCCC(C#N)(CCCN(C)C(C)c1cccc(OCC(=O)NN2CCC(CO[N+](=O)[O-])CC2)c1)c1cc(OC)c(OC)c(OC)c1. The number of amides is 1. The fraction of sp³-hybridized carbons (Fsp3) is 0.674. The van der Waals surface area contributed by atoms with Crippen LogP contribution in [0.4, 0.5) is 0 Å². The van der Waals surface area contributed by atoms with Crippen molar-refractivity contribution in [2.45, 2.75) is 122 Å². The number of nitrogens with zero attached hydrogens (tertiary/aromatic N) is 4. The van der Waals surface area contributed by atoms with Gasteiger partial charge >= 0.3 is 0 Å². The van der Waals surface area contributed by atoms with Gasteiger partial charge in [0.05, 0.1) is 39.4 Å². The van der Waals surface area contributed by atoms with Crippen molar-refractivity contribution in [2.75, 3.05) is 61.2 Å². The lowest BCUT2D eigenvalue weighted by Gasteiger charge is -2.31. The van der Waals surface area contributed by atoms with Gasteiger partial charge in [0.1, 0.15) is 5.75 Å². The lowest BCUT2D eigenvalue weighted by molar-refractivity contribution is -0.759. The van der Waals surface area contributed by atoms with Crippen LogP contribution in [0.1, 0.15) is 127 Å². The van der Waals surface area contributed by atoms with Crippen LogP contribution in [0.25, 0.3) is 0 Å². The van der Waals surface area contributed by atoms with Gasteiger partial charge in [-0.15, -0.1) is 10.1 Å². The first kappa shape index (κ1) is 46.1. The smallest absolute Gasteiger partial charge is 0.294 e. The Bertz CT molecular complexity index is 1490. The Labute approximate surface area is 335 Å². The summed E-state index contributed by atoms with van der Waals surface area (Å²) in [6.07, 6.45) is 16.0. The number of hydrogen-bond donors (Lipinski definition) is 1. The molecule has 1 saturated heterocycles. The summed E-state index contributed by atoms with van der Waals surface area (Å²) in [5.74, 6) is 2.07. The zero-order chi connectivity index (χ0) is 40.8. The van der Waals surface area contributed by atoms with E-state index in [2.05, 4.69) is 48.2 Å². The summed E-state index contributed by atoms with van der Waals surface area (Å²) in [5.41, 5.74) is 4.11. The molecule has 3 rings (SSSR count). The van der Waals surface area contributed by atoms with E-state index >= 15 is 0 Å². The predicted molar refractivity (Wildman–Crippen MR) is 217 cm³/mol. The Hall–Kier alpha value is -4.28. The van der Waals surface area contributed by atoms with Crippen molar-refractivity contribution < 1.29 is 33.7 Å². The maximum Gasteiger partial charge on any atom is 0.294 e. The number of benzene rings is 2. The number of carbonyl (C=O) groups excluding carboxylic acids is 1. The van der Waals surface area contributed by atoms with Crippen LogP contribution in [0, 0.1) is 27.4 Å². The third-order valence-corrected chi connectivity index (χ3v) is 11.2. The van der Waals surface area contributed by atoms with Gasteiger partial charge in [-0.1, -0.05) is 83.3 Å². The number of ether oxygens (including phenoxy) is 4. The lowest BCUT2D eigenvalue weighted by atomic mass is 9.73. The van der Waals surface area contributed by atoms with Crippen LogP contribution < -0.4 is 24.4 Å². The Morgan fingerprint density at radius 1 is 0.964 bits per heavy atom. The summed E-state index contributed by atoms with van der Waals surface area (Å²) in [5, 5.41) is 22.4. The van der Waals surface area contributed by atoms with Crippen molar-refractivity contribution in [3.8, 4) is 29.1 Å². The maximum atomic E-state index is 12.7. The van der Waals surface area contributed by atoms with E-state index in [9.17, 15) is 20.2 Å². The zero-order valence-corrected chi connectivity index (χ0v) is 34.8. The Balaban J connectivity index is 1.58. The molecule has 0 bridgehead atoms. The van der Waals surface area contributed by atoms with Gasteiger partial charge in [-0.2, -0.15) is 5.26 Å². The second-order valence-corrected chi connectivity index (χ2v) is 15.1. The van der Waals surface area contributed by atoms with E-state index in [1.165, 1.54) is 51.4 Å². The molecule has 312 valence electrons. The molecule has 0 spiro atoms. The summed E-state index contributed by atoms with van der Waals surface area (Å²) in [6, 6.07) is 14.5. The lowest BCUT2D eigenvalue weighted by Crippen LogP contribution is -2.48. The maximum absolute atomic E-state index is 12.7. The average Bonchev–Trinajstić information content (AvgIpc) is 3.21. The summed E-state index contributed by atoms with van der Waals surface area (Å²) in [6.45, 7) is 6.30. The highest BCUT2D eigenvalue weighted by atomic mass is 16.9. The molecule has 0 aliphatic carbocycles. The average molecular weight is 782 g/mol. The van der Waals surface area contributed by atoms with E-state index in [0.717, 1.165) is 43.4 Å². The highest BCUT2D eigenvalue weighted by Gasteiger charge is 2.34. The van der Waals surface area contributed by atoms with Crippen molar-refractivity contribution in [1.82, 2.24) is 15.3 Å². The van der Waals surface area contributed by atoms with E-state index in [1.54, 1.807) is 21.3 Å². The van der Waals surface area contributed by atoms with Gasteiger partial charge in [0, 0.05) is 19.1 Å². The third kappa shape index (κ3) is 15.0. The molecule has 2 unspecified atom stereocenters. The van der Waals surface area contributed by atoms with E-state index in [4.69, 9.17) is 18.9 Å². The van der Waals surface area contributed by atoms with Crippen LogP contribution in [0.2, 0.25) is 0 Å². The molecule has 2 aromatic rings. The molecular weight excluding hydrogens is 714 g/mol. The molecule has 1 N–H and O–H groups in total. The first-order chi connectivity index (χ1) is 27.1. The number of piperidine rings is 1. The summed E-state index contributed by atoms with van der Waals surface area (Å²) < 4.78 is 22.9. The summed E-state index contributed by atoms with van der Waals surface area (Å²) in [4.78, 5) is 29.9. The molecule has 13 heteroatoms. The van der Waals surface area contributed by atoms with E-state index in [-0.39, 0.29) is 31.1 Å². The molecule has 2 aromatic carbocycles. The van der Waals surface area contributed by atoms with Crippen molar-refractivity contribution >= 4 is 5.91 Å². The molecule has 0 saturated carbocycles. The molecular formula is C43H67N5O8. The molecule has 1 fully saturated rings. The van der Waals surface area contributed by atoms with Gasteiger partial charge in [0.2, 0.25) is 5.75 Å². The fourth-order valence-corrected chi connectivity index (χ4v) is 7.54. The largest absolute Gasteiger partial charge is 0.493 e. The number of nitriles is 1. The first-order valence-electron chi connectivity index (χ1n) is 20.6. The van der Waals surface area contributed by atoms with Crippen molar-refractivity contribution in [3.05, 3.63) is 57.6 Å². The highest BCUT2D eigenvalue weighted by Crippen LogP contribution is 2.44. The molecule has 2 atom stereocenters. The van der Waals surface area contributed by atoms with Crippen LogP contribution in [0.5, 0.6) is 23.0 Å². The molecule has 1 amide bonds. The van der Waals surface area contributed by atoms with Crippen LogP contribution in [0.3, 0.4) is 0 Å². The summed E-state index contributed by atoms with van der Waals surface area (Å²) >= 11 is 0. The number of nitrogens with one attached hydrogen (secondary N) is 1. The topological polar surface area (TPSA) is 149 Å². The van der Waals surface area contributed by atoms with Gasteiger partial charge in [-0.25, -0.2) is 5.01 Å². The standard InChI is InChI=1S/C43H67N5O8/c1-7-8-9-10-11-12-13-14-15-16-23-43(33-44,37-29-39(52-4)42(54-6)40(30-37)53-5)24-18-25-46(3)34(2)36-19-17-20-38(28-36)55-32-41(49)45-47-26-21-35(22-27-47)31-56-48(50)51/h17,19-20,28-30,34-35H,7-16,18,21-27,31-32H2,1-6H3,(H,45,49). The number of carbonyl (C=O) groups is 1. The number of hydrazine groups is 1. The van der Waals surface area contributed by atoms with E-state index < -0.39 is 10.5 Å². The van der Waals surface area contributed by atoms with Crippen molar-refractivity contribution in [2.24, 2.45) is 5.92 Å². The van der Waals surface area contributed by atoms with Crippen LogP contribution in [0.15, 0.2) is 36.4 Å². The van der Waals surface area contributed by atoms with E-state index in [0.29, 0.717) is 55.4 Å². The minimum atomic E-state index is -0.763. The number of rotatable bonds is 28. The normalized spacial score (nSPS) is 15.0. The summed E-state index contributed by atoms with van der Waals surface area (Å²) in [7, 11) is 6.90. The second-order valence-electron chi connectivity index (χ2n) is 15.1. The van der Waals surface area contributed by atoms with Gasteiger partial charge < -0.3 is 23.8 Å². The fourth-order valence-electron chi connectivity index (χ4n) is 7.54. The van der Waals surface area contributed by atoms with Gasteiger partial charge in [0.25, 0.3) is 11.0 Å². The molecule has 0 aromatic heterocycles. The zero-order valence-electron chi connectivity index (χ0n) is 34.8. The Morgan fingerprint density at radius 3 is 2.14 bits per heavy atom. The second kappa shape index (κ2) is 25.1. The monoisotopic (exact) mass is 781 g/mol. The van der Waals surface area contributed by atoms with Crippen molar-refractivity contribution in [3.63, 3.8) is 0 Å². The molecule has 1 aliphatic rings. The highest BCUT2D eigenvalue weighted by molar-refractivity contribution is 5.77. The van der Waals surface area contributed by atoms with Crippen LogP contribution in [-0.4, -0.2) is 82.1 Å². The molecule has 1 aliphatic heterocycles. The minimum Gasteiger partial charge on any atom is -0.493 e.